The highest BCUT2D eigenvalue weighted by atomic mass is 79.9. The summed E-state index contributed by atoms with van der Waals surface area (Å²) in [5.41, 5.74) is 0. The average Bonchev–Trinajstić information content (AvgIpc) is 2.20. The molecule has 0 amide bonds. The van der Waals surface area contributed by atoms with E-state index in [0.717, 1.165) is 16.8 Å². The first-order valence-corrected chi connectivity index (χ1v) is 5.99. The van der Waals surface area contributed by atoms with Crippen LogP contribution in [-0.2, 0) is 0 Å². The normalized spacial score (nSPS) is 12.9. The fourth-order valence-corrected chi connectivity index (χ4v) is 1.57. The molecular formula is C12H18BrNO. The fourth-order valence-electron chi connectivity index (χ4n) is 1.30. The maximum absolute atomic E-state index is 5.89. The van der Waals surface area contributed by atoms with Crippen molar-refractivity contribution in [2.24, 2.45) is 5.92 Å². The number of halogens is 1. The summed E-state index contributed by atoms with van der Waals surface area (Å²) in [4.78, 5) is 0. The molecule has 0 aromatic heterocycles. The van der Waals surface area contributed by atoms with Crippen molar-refractivity contribution in [3.05, 3.63) is 28.7 Å². The van der Waals surface area contributed by atoms with Gasteiger partial charge in [0.05, 0.1) is 0 Å². The van der Waals surface area contributed by atoms with E-state index in [-0.39, 0.29) is 6.10 Å². The molecular weight excluding hydrogens is 254 g/mol. The first-order valence-electron chi connectivity index (χ1n) is 5.20. The Hall–Kier alpha value is -0.540. The second-order valence-electron chi connectivity index (χ2n) is 3.91. The van der Waals surface area contributed by atoms with Crippen molar-refractivity contribution in [3.63, 3.8) is 0 Å². The summed E-state index contributed by atoms with van der Waals surface area (Å²) in [5.74, 6) is 1.42. The van der Waals surface area contributed by atoms with Crippen molar-refractivity contribution in [1.82, 2.24) is 5.32 Å². The van der Waals surface area contributed by atoms with Crippen molar-refractivity contribution >= 4 is 15.9 Å². The van der Waals surface area contributed by atoms with Gasteiger partial charge in [-0.25, -0.2) is 0 Å². The van der Waals surface area contributed by atoms with E-state index in [4.69, 9.17) is 4.74 Å². The van der Waals surface area contributed by atoms with Gasteiger partial charge in [-0.1, -0.05) is 29.8 Å². The number of nitrogens with one attached hydrogen (secondary N) is 1. The highest BCUT2D eigenvalue weighted by Crippen LogP contribution is 2.19. The summed E-state index contributed by atoms with van der Waals surface area (Å²) >= 11 is 3.40. The zero-order valence-corrected chi connectivity index (χ0v) is 11.0. The van der Waals surface area contributed by atoms with Crippen molar-refractivity contribution < 1.29 is 4.74 Å². The smallest absolute Gasteiger partial charge is 0.119 e. The molecule has 2 nitrogen and oxygen atoms in total. The molecule has 3 heteroatoms. The minimum Gasteiger partial charge on any atom is -0.489 e. The fraction of sp³-hybridized carbons (Fsp3) is 0.500. The minimum absolute atomic E-state index is 0.219. The lowest BCUT2D eigenvalue weighted by Gasteiger charge is -2.22. The summed E-state index contributed by atoms with van der Waals surface area (Å²) in [6.07, 6.45) is 0.219. The van der Waals surface area contributed by atoms with Gasteiger partial charge in [0, 0.05) is 11.0 Å². The third-order valence-corrected chi connectivity index (χ3v) is 2.78. The molecule has 1 rings (SSSR count). The Labute approximate surface area is 100 Å². The van der Waals surface area contributed by atoms with E-state index in [0.29, 0.717) is 5.92 Å². The largest absolute Gasteiger partial charge is 0.489 e. The van der Waals surface area contributed by atoms with Gasteiger partial charge in [0.2, 0.25) is 0 Å². The predicted molar refractivity (Wildman–Crippen MR) is 67.3 cm³/mol. The third kappa shape index (κ3) is 4.22. The van der Waals surface area contributed by atoms with E-state index in [2.05, 4.69) is 35.1 Å². The molecule has 1 unspecified atom stereocenters. The van der Waals surface area contributed by atoms with Crippen LogP contribution in [0.15, 0.2) is 28.7 Å². The number of rotatable bonds is 5. The van der Waals surface area contributed by atoms with Gasteiger partial charge in [-0.2, -0.15) is 0 Å². The van der Waals surface area contributed by atoms with Gasteiger partial charge in [0.25, 0.3) is 0 Å². The van der Waals surface area contributed by atoms with E-state index in [1.165, 1.54) is 0 Å². The van der Waals surface area contributed by atoms with Crippen molar-refractivity contribution in [2.45, 2.75) is 20.0 Å². The molecule has 0 saturated carbocycles. The number of ether oxygens (including phenoxy) is 1. The van der Waals surface area contributed by atoms with Gasteiger partial charge in [-0.15, -0.1) is 0 Å². The van der Waals surface area contributed by atoms with Crippen LogP contribution < -0.4 is 10.1 Å². The molecule has 0 saturated heterocycles. The molecule has 1 aromatic carbocycles. The molecule has 0 aliphatic rings. The van der Waals surface area contributed by atoms with E-state index in [9.17, 15) is 0 Å². The number of hydrogen-bond donors (Lipinski definition) is 1. The van der Waals surface area contributed by atoms with Crippen LogP contribution in [0.5, 0.6) is 5.75 Å². The Bertz CT molecular complexity index is 284. The average molecular weight is 272 g/mol. The van der Waals surface area contributed by atoms with Crippen molar-refractivity contribution in [3.8, 4) is 5.75 Å². The predicted octanol–water partition coefficient (Wildman–Crippen LogP) is 3.07. The Morgan fingerprint density at radius 2 is 1.87 bits per heavy atom. The molecule has 15 heavy (non-hydrogen) atoms. The van der Waals surface area contributed by atoms with Crippen LogP contribution in [0.3, 0.4) is 0 Å². The van der Waals surface area contributed by atoms with Gasteiger partial charge >= 0.3 is 0 Å². The molecule has 0 fully saturated rings. The molecule has 1 N–H and O–H groups in total. The first-order chi connectivity index (χ1) is 7.13. The molecule has 0 aliphatic carbocycles. The van der Waals surface area contributed by atoms with E-state index >= 15 is 0 Å². The van der Waals surface area contributed by atoms with Crippen LogP contribution in [0.4, 0.5) is 0 Å². The summed E-state index contributed by atoms with van der Waals surface area (Å²) in [5, 5.41) is 3.15. The molecule has 1 atom stereocenters. The molecule has 0 radical (unpaired) electrons. The topological polar surface area (TPSA) is 21.3 Å². The van der Waals surface area contributed by atoms with Crippen LogP contribution in [0.1, 0.15) is 13.8 Å². The van der Waals surface area contributed by atoms with Gasteiger partial charge in [0.15, 0.2) is 0 Å². The second kappa shape index (κ2) is 6.13. The van der Waals surface area contributed by atoms with Gasteiger partial charge < -0.3 is 10.1 Å². The minimum atomic E-state index is 0.219. The number of hydrogen-bond acceptors (Lipinski definition) is 2. The van der Waals surface area contributed by atoms with Crippen LogP contribution in [-0.4, -0.2) is 19.7 Å². The molecule has 0 bridgehead atoms. The lowest BCUT2D eigenvalue weighted by molar-refractivity contribution is 0.151. The molecule has 84 valence electrons. The van der Waals surface area contributed by atoms with Gasteiger partial charge in [0.1, 0.15) is 11.9 Å². The molecule has 0 aliphatic heterocycles. The lowest BCUT2D eigenvalue weighted by atomic mass is 10.1. The van der Waals surface area contributed by atoms with Crippen LogP contribution in [0, 0.1) is 5.92 Å². The van der Waals surface area contributed by atoms with Gasteiger partial charge in [-0.3, -0.25) is 0 Å². The molecule has 0 spiro atoms. The highest BCUT2D eigenvalue weighted by Gasteiger charge is 2.13. The monoisotopic (exact) mass is 271 g/mol. The van der Waals surface area contributed by atoms with E-state index < -0.39 is 0 Å². The maximum atomic E-state index is 5.89. The second-order valence-corrected chi connectivity index (χ2v) is 4.83. The van der Waals surface area contributed by atoms with Crippen LogP contribution in [0.25, 0.3) is 0 Å². The Morgan fingerprint density at radius 3 is 2.33 bits per heavy atom. The summed E-state index contributed by atoms with van der Waals surface area (Å²) in [6, 6.07) is 7.95. The van der Waals surface area contributed by atoms with Crippen LogP contribution in [0.2, 0.25) is 0 Å². The lowest BCUT2D eigenvalue weighted by Crippen LogP contribution is -2.33. The summed E-state index contributed by atoms with van der Waals surface area (Å²) < 4.78 is 6.96. The van der Waals surface area contributed by atoms with E-state index in [1.54, 1.807) is 0 Å². The zero-order valence-electron chi connectivity index (χ0n) is 9.46. The Morgan fingerprint density at radius 1 is 1.27 bits per heavy atom. The number of benzene rings is 1. The quantitative estimate of drug-likeness (QED) is 0.889. The first kappa shape index (κ1) is 12.5. The maximum Gasteiger partial charge on any atom is 0.119 e. The SMILES string of the molecule is CNCC(Oc1ccc(Br)cc1)C(C)C. The zero-order chi connectivity index (χ0) is 11.3. The highest BCUT2D eigenvalue weighted by molar-refractivity contribution is 9.10. The number of likely N-dealkylation sites (N-methyl/N-ethyl adjacent to an activating group) is 1. The third-order valence-electron chi connectivity index (χ3n) is 2.25. The van der Waals surface area contributed by atoms with E-state index in [1.807, 2.05) is 31.3 Å². The Kier molecular flexibility index (Phi) is 5.12. The van der Waals surface area contributed by atoms with Gasteiger partial charge in [-0.05, 0) is 37.2 Å². The standard InChI is InChI=1S/C12H18BrNO/c1-9(2)12(8-14-3)15-11-6-4-10(13)5-7-11/h4-7,9,12,14H,8H2,1-3H3. The van der Waals surface area contributed by atoms with Crippen molar-refractivity contribution in [2.75, 3.05) is 13.6 Å². The summed E-state index contributed by atoms with van der Waals surface area (Å²) in [7, 11) is 1.94. The van der Waals surface area contributed by atoms with Crippen molar-refractivity contribution in [1.29, 1.82) is 0 Å². The van der Waals surface area contributed by atoms with Crippen LogP contribution >= 0.6 is 15.9 Å². The summed E-state index contributed by atoms with van der Waals surface area (Å²) in [6.45, 7) is 5.20. The molecule has 0 heterocycles. The Balaban J connectivity index is 2.61. The molecule has 1 aromatic rings.